The molecule has 0 aromatic carbocycles. The normalized spacial score (nSPS) is 27.8. The average molecular weight is 211 g/mol. The molecule has 1 heterocycles. The molecule has 0 bridgehead atoms. The number of rotatable bonds is 3. The Morgan fingerprint density at radius 1 is 1.00 bits per heavy atom. The van der Waals surface area contributed by atoms with Gasteiger partial charge in [0.05, 0.1) is 0 Å². The van der Waals surface area contributed by atoms with Crippen molar-refractivity contribution in [3.63, 3.8) is 0 Å². The highest BCUT2D eigenvalue weighted by Crippen LogP contribution is 2.30. The zero-order valence-electron chi connectivity index (χ0n) is 9.79. The van der Waals surface area contributed by atoms with Gasteiger partial charge in [0.2, 0.25) is 0 Å². The van der Waals surface area contributed by atoms with Crippen LogP contribution in [-0.2, 0) is 4.74 Å². The second-order valence-electron chi connectivity index (χ2n) is 5.35. The second kappa shape index (κ2) is 5.86. The van der Waals surface area contributed by atoms with Gasteiger partial charge in [-0.25, -0.2) is 0 Å². The van der Waals surface area contributed by atoms with Crippen LogP contribution in [0.25, 0.3) is 0 Å². The lowest BCUT2D eigenvalue weighted by molar-refractivity contribution is 0.0546. The van der Waals surface area contributed by atoms with Crippen molar-refractivity contribution in [1.82, 2.24) is 0 Å². The van der Waals surface area contributed by atoms with Crippen LogP contribution in [-0.4, -0.2) is 19.3 Å². The summed E-state index contributed by atoms with van der Waals surface area (Å²) in [6.07, 6.45) is 10.8. The monoisotopic (exact) mass is 211 g/mol. The number of ether oxygens (including phenoxy) is 1. The Morgan fingerprint density at radius 2 is 1.67 bits per heavy atom. The summed E-state index contributed by atoms with van der Waals surface area (Å²) < 4.78 is 5.38. The highest BCUT2D eigenvalue weighted by molar-refractivity contribution is 4.79. The molecule has 1 atom stereocenters. The van der Waals surface area contributed by atoms with Crippen molar-refractivity contribution >= 4 is 0 Å². The summed E-state index contributed by atoms with van der Waals surface area (Å²) in [5, 5.41) is 0. The van der Waals surface area contributed by atoms with E-state index >= 15 is 0 Å². The summed E-state index contributed by atoms with van der Waals surface area (Å²) >= 11 is 0. The Hall–Kier alpha value is -0.0800. The predicted octanol–water partition coefficient (Wildman–Crippen LogP) is 2.71. The fraction of sp³-hybridized carbons (Fsp3) is 1.00. The van der Waals surface area contributed by atoms with Crippen molar-refractivity contribution in [2.75, 3.05) is 13.2 Å². The second-order valence-corrected chi connectivity index (χ2v) is 5.35. The lowest BCUT2D eigenvalue weighted by atomic mass is 9.80. The topological polar surface area (TPSA) is 35.2 Å². The summed E-state index contributed by atoms with van der Waals surface area (Å²) in [5.74, 6) is 1.66. The molecule has 15 heavy (non-hydrogen) atoms. The first kappa shape index (κ1) is 11.4. The van der Waals surface area contributed by atoms with E-state index in [-0.39, 0.29) is 0 Å². The van der Waals surface area contributed by atoms with E-state index in [0.717, 1.165) is 25.0 Å². The molecule has 2 aliphatic rings. The summed E-state index contributed by atoms with van der Waals surface area (Å²) in [6, 6.07) is 0.442. The summed E-state index contributed by atoms with van der Waals surface area (Å²) in [4.78, 5) is 0. The number of hydrogen-bond donors (Lipinski definition) is 1. The van der Waals surface area contributed by atoms with Gasteiger partial charge in [-0.05, 0) is 31.1 Å². The first-order valence-electron chi connectivity index (χ1n) is 6.69. The third-order valence-corrected chi connectivity index (χ3v) is 4.20. The van der Waals surface area contributed by atoms with Gasteiger partial charge in [0, 0.05) is 19.3 Å². The summed E-state index contributed by atoms with van der Waals surface area (Å²) in [7, 11) is 0. The van der Waals surface area contributed by atoms with Gasteiger partial charge >= 0.3 is 0 Å². The van der Waals surface area contributed by atoms with Gasteiger partial charge in [0.15, 0.2) is 0 Å². The van der Waals surface area contributed by atoms with Crippen LogP contribution in [0.4, 0.5) is 0 Å². The lowest BCUT2D eigenvalue weighted by Gasteiger charge is -2.31. The zero-order valence-corrected chi connectivity index (χ0v) is 9.79. The van der Waals surface area contributed by atoms with Gasteiger partial charge in [0.25, 0.3) is 0 Å². The van der Waals surface area contributed by atoms with Crippen molar-refractivity contribution < 1.29 is 4.74 Å². The largest absolute Gasteiger partial charge is 0.381 e. The molecular weight excluding hydrogens is 186 g/mol. The molecule has 0 amide bonds. The van der Waals surface area contributed by atoms with E-state index in [4.69, 9.17) is 10.5 Å². The number of hydrogen-bond acceptors (Lipinski definition) is 2. The fourth-order valence-electron chi connectivity index (χ4n) is 3.14. The van der Waals surface area contributed by atoms with Crippen molar-refractivity contribution in [3.05, 3.63) is 0 Å². The molecule has 1 aliphatic heterocycles. The molecule has 2 heteroatoms. The van der Waals surface area contributed by atoms with Crippen LogP contribution >= 0.6 is 0 Å². The Balaban J connectivity index is 1.72. The van der Waals surface area contributed by atoms with Gasteiger partial charge in [-0.15, -0.1) is 0 Å². The Labute approximate surface area is 93.6 Å². The van der Waals surface area contributed by atoms with Crippen LogP contribution in [0, 0.1) is 11.8 Å². The molecule has 1 aliphatic carbocycles. The third kappa shape index (κ3) is 3.46. The molecule has 88 valence electrons. The van der Waals surface area contributed by atoms with Crippen molar-refractivity contribution in [1.29, 1.82) is 0 Å². The van der Waals surface area contributed by atoms with Crippen LogP contribution in [0.15, 0.2) is 0 Å². The minimum absolute atomic E-state index is 0.442. The molecule has 0 radical (unpaired) electrons. The average Bonchev–Trinajstić information content (AvgIpc) is 2.31. The quantitative estimate of drug-likeness (QED) is 0.779. The van der Waals surface area contributed by atoms with E-state index in [1.165, 1.54) is 51.4 Å². The smallest absolute Gasteiger partial charge is 0.0469 e. The van der Waals surface area contributed by atoms with E-state index < -0.39 is 0 Å². The Kier molecular flexibility index (Phi) is 4.45. The maximum Gasteiger partial charge on any atom is 0.0469 e. The molecule has 1 saturated carbocycles. The van der Waals surface area contributed by atoms with Gasteiger partial charge in [-0.2, -0.15) is 0 Å². The maximum atomic E-state index is 6.32. The van der Waals surface area contributed by atoms with Gasteiger partial charge in [0.1, 0.15) is 0 Å². The summed E-state index contributed by atoms with van der Waals surface area (Å²) in [6.45, 7) is 1.87. The molecule has 2 rings (SSSR count). The standard InChI is InChI=1S/C13H25NO/c14-13(12-6-8-15-9-7-12)10-11-4-2-1-3-5-11/h11-13H,1-10,14H2. The van der Waals surface area contributed by atoms with E-state index in [1.807, 2.05) is 0 Å². The predicted molar refractivity (Wildman–Crippen MR) is 62.7 cm³/mol. The minimum atomic E-state index is 0.442. The fourth-order valence-corrected chi connectivity index (χ4v) is 3.14. The molecular formula is C13H25NO. The molecule has 0 aromatic heterocycles. The summed E-state index contributed by atoms with van der Waals surface area (Å²) in [5.41, 5.74) is 6.32. The highest BCUT2D eigenvalue weighted by Gasteiger charge is 2.24. The first-order chi connectivity index (χ1) is 7.36. The van der Waals surface area contributed by atoms with Crippen LogP contribution in [0.5, 0.6) is 0 Å². The molecule has 1 unspecified atom stereocenters. The van der Waals surface area contributed by atoms with Gasteiger partial charge in [-0.1, -0.05) is 32.1 Å². The van der Waals surface area contributed by atoms with E-state index in [0.29, 0.717) is 6.04 Å². The van der Waals surface area contributed by atoms with E-state index in [9.17, 15) is 0 Å². The van der Waals surface area contributed by atoms with E-state index in [1.54, 1.807) is 0 Å². The van der Waals surface area contributed by atoms with Crippen LogP contribution in [0.1, 0.15) is 51.4 Å². The Morgan fingerprint density at radius 3 is 2.33 bits per heavy atom. The zero-order chi connectivity index (χ0) is 10.5. The molecule has 0 spiro atoms. The first-order valence-corrected chi connectivity index (χ1v) is 6.69. The van der Waals surface area contributed by atoms with Crippen molar-refractivity contribution in [2.45, 2.75) is 57.4 Å². The molecule has 0 aromatic rings. The molecule has 2 N–H and O–H groups in total. The Bertz CT molecular complexity index is 171. The van der Waals surface area contributed by atoms with Crippen LogP contribution in [0.3, 0.4) is 0 Å². The van der Waals surface area contributed by atoms with Crippen molar-refractivity contribution in [2.24, 2.45) is 17.6 Å². The van der Waals surface area contributed by atoms with E-state index in [2.05, 4.69) is 0 Å². The van der Waals surface area contributed by atoms with Gasteiger partial charge in [-0.3, -0.25) is 0 Å². The maximum absolute atomic E-state index is 6.32. The highest BCUT2D eigenvalue weighted by atomic mass is 16.5. The lowest BCUT2D eigenvalue weighted by Crippen LogP contribution is -2.36. The van der Waals surface area contributed by atoms with Gasteiger partial charge < -0.3 is 10.5 Å². The molecule has 2 nitrogen and oxygen atoms in total. The van der Waals surface area contributed by atoms with Crippen molar-refractivity contribution in [3.8, 4) is 0 Å². The molecule has 2 fully saturated rings. The SMILES string of the molecule is NC(CC1CCCCC1)C1CCOCC1. The van der Waals surface area contributed by atoms with Crippen LogP contribution in [0.2, 0.25) is 0 Å². The van der Waals surface area contributed by atoms with Crippen LogP contribution < -0.4 is 5.73 Å². The minimum Gasteiger partial charge on any atom is -0.381 e. The molecule has 1 saturated heterocycles. The number of nitrogens with two attached hydrogens (primary N) is 1. The third-order valence-electron chi connectivity index (χ3n) is 4.20.